The van der Waals surface area contributed by atoms with Crippen LogP contribution in [0.4, 0.5) is 0 Å². The molecule has 1 aromatic carbocycles. The van der Waals surface area contributed by atoms with Crippen LogP contribution in [0.1, 0.15) is 50.2 Å². The van der Waals surface area contributed by atoms with E-state index < -0.39 is 10.0 Å². The van der Waals surface area contributed by atoms with Gasteiger partial charge in [0.25, 0.3) is 0 Å². The molecule has 0 heterocycles. The molecule has 26 heavy (non-hydrogen) atoms. The van der Waals surface area contributed by atoms with Crippen LogP contribution in [-0.4, -0.2) is 45.5 Å². The third-order valence-electron chi connectivity index (χ3n) is 5.05. The number of carbonyl (C=O) groups is 1. The van der Waals surface area contributed by atoms with E-state index in [0.717, 1.165) is 31.2 Å². The summed E-state index contributed by atoms with van der Waals surface area (Å²) in [4.78, 5) is 14.0. The maximum Gasteiger partial charge on any atom is 0.240 e. The minimum absolute atomic E-state index is 0.00701. The molecular weight excluding hydrogens is 352 g/mol. The summed E-state index contributed by atoms with van der Waals surface area (Å²) >= 11 is 0. The van der Waals surface area contributed by atoms with Crippen LogP contribution in [0, 0.1) is 13.8 Å². The van der Waals surface area contributed by atoms with E-state index in [2.05, 4.69) is 4.72 Å². The molecule has 1 saturated carbocycles. The van der Waals surface area contributed by atoms with Gasteiger partial charge in [0.2, 0.25) is 15.9 Å². The van der Waals surface area contributed by atoms with Gasteiger partial charge in [-0.15, -0.1) is 0 Å². The van der Waals surface area contributed by atoms with Crippen molar-refractivity contribution in [3.05, 3.63) is 23.3 Å². The van der Waals surface area contributed by atoms with E-state index in [1.165, 1.54) is 6.42 Å². The normalized spacial score (nSPS) is 15.7. The van der Waals surface area contributed by atoms with Crippen LogP contribution >= 0.6 is 0 Å². The topological polar surface area (TPSA) is 75.7 Å². The molecule has 1 N–H and O–H groups in total. The summed E-state index contributed by atoms with van der Waals surface area (Å²) in [7, 11) is -2.07. The lowest BCUT2D eigenvalue weighted by molar-refractivity contribution is -0.131. The summed E-state index contributed by atoms with van der Waals surface area (Å²) in [6.07, 6.45) is 5.48. The van der Waals surface area contributed by atoms with Crippen LogP contribution in [0.3, 0.4) is 0 Å². The first kappa shape index (κ1) is 20.7. The highest BCUT2D eigenvalue weighted by Gasteiger charge is 2.24. The molecule has 1 aromatic rings. The van der Waals surface area contributed by atoms with E-state index in [0.29, 0.717) is 17.9 Å². The monoisotopic (exact) mass is 382 g/mol. The van der Waals surface area contributed by atoms with Gasteiger partial charge in [-0.2, -0.15) is 0 Å². The fourth-order valence-corrected chi connectivity index (χ4v) is 4.97. The quantitative estimate of drug-likeness (QED) is 0.787. The molecule has 1 fully saturated rings. The molecule has 146 valence electrons. The molecule has 7 heteroatoms. The fraction of sp³-hybridized carbons (Fsp3) is 0.632. The number of nitrogens with zero attached hydrogens (tertiary/aromatic N) is 1. The van der Waals surface area contributed by atoms with Gasteiger partial charge < -0.3 is 9.64 Å². The highest BCUT2D eigenvalue weighted by Crippen LogP contribution is 2.26. The maximum atomic E-state index is 12.7. The number of aryl methyl sites for hydroxylation is 2. The van der Waals surface area contributed by atoms with Crippen molar-refractivity contribution in [2.24, 2.45) is 0 Å². The number of hydrogen-bond acceptors (Lipinski definition) is 4. The molecule has 2 rings (SSSR count). The zero-order chi connectivity index (χ0) is 19.3. The van der Waals surface area contributed by atoms with E-state index in [-0.39, 0.29) is 23.4 Å². The average Bonchev–Trinajstić information content (AvgIpc) is 2.60. The molecule has 0 saturated heterocycles. The number of hydrogen-bond donors (Lipinski definition) is 1. The molecule has 6 nitrogen and oxygen atoms in total. The molecule has 0 bridgehead atoms. The highest BCUT2D eigenvalue weighted by atomic mass is 32.2. The third-order valence-corrected chi connectivity index (χ3v) is 6.65. The molecule has 0 unspecified atom stereocenters. The van der Waals surface area contributed by atoms with Crippen LogP contribution in [0.15, 0.2) is 17.0 Å². The van der Waals surface area contributed by atoms with Gasteiger partial charge in [-0.25, -0.2) is 13.1 Å². The Balaban J connectivity index is 2.05. The smallest absolute Gasteiger partial charge is 0.240 e. The van der Waals surface area contributed by atoms with Gasteiger partial charge in [0.05, 0.1) is 12.0 Å². The van der Waals surface area contributed by atoms with Crippen LogP contribution in [-0.2, 0) is 14.8 Å². The Morgan fingerprint density at radius 3 is 2.42 bits per heavy atom. The number of nitrogens with one attached hydrogen (secondary N) is 1. The van der Waals surface area contributed by atoms with Crippen molar-refractivity contribution in [1.82, 2.24) is 9.62 Å². The van der Waals surface area contributed by atoms with Crippen LogP contribution in [0.2, 0.25) is 0 Å². The van der Waals surface area contributed by atoms with Gasteiger partial charge in [-0.3, -0.25) is 4.79 Å². The second-order valence-corrected chi connectivity index (χ2v) is 8.72. The van der Waals surface area contributed by atoms with Crippen molar-refractivity contribution < 1.29 is 17.9 Å². The zero-order valence-corrected chi connectivity index (χ0v) is 17.0. The SMILES string of the molecule is COc1cc(C)c(S(=O)(=O)NCCN(C(C)=O)C2CCCCC2)cc1C. The lowest BCUT2D eigenvalue weighted by atomic mass is 9.94. The van der Waals surface area contributed by atoms with E-state index in [1.807, 2.05) is 11.8 Å². The predicted octanol–water partition coefficient (Wildman–Crippen LogP) is 2.77. The number of rotatable bonds is 7. The van der Waals surface area contributed by atoms with Gasteiger partial charge >= 0.3 is 0 Å². The molecule has 0 spiro atoms. The van der Waals surface area contributed by atoms with E-state index in [1.54, 1.807) is 33.1 Å². The van der Waals surface area contributed by atoms with Gasteiger partial charge in [0.1, 0.15) is 5.75 Å². The summed E-state index contributed by atoms with van der Waals surface area (Å²) in [6.45, 7) is 5.73. The first-order valence-electron chi connectivity index (χ1n) is 9.18. The van der Waals surface area contributed by atoms with Crippen molar-refractivity contribution in [3.8, 4) is 5.75 Å². The van der Waals surface area contributed by atoms with Crippen molar-refractivity contribution >= 4 is 15.9 Å². The maximum absolute atomic E-state index is 12.7. The molecular formula is C19H30N2O4S. The number of sulfonamides is 1. The first-order valence-corrected chi connectivity index (χ1v) is 10.7. The molecule has 0 radical (unpaired) electrons. The summed E-state index contributed by atoms with van der Waals surface area (Å²) < 4.78 is 33.2. The lowest BCUT2D eigenvalue weighted by Crippen LogP contribution is -2.44. The Bertz CT molecular complexity index is 740. The number of methoxy groups -OCH3 is 1. The van der Waals surface area contributed by atoms with Gasteiger partial charge in [0.15, 0.2) is 0 Å². The average molecular weight is 383 g/mol. The minimum atomic E-state index is -3.63. The Morgan fingerprint density at radius 2 is 1.85 bits per heavy atom. The largest absolute Gasteiger partial charge is 0.496 e. The number of ether oxygens (including phenoxy) is 1. The van der Waals surface area contributed by atoms with E-state index >= 15 is 0 Å². The molecule has 0 aliphatic heterocycles. The first-order chi connectivity index (χ1) is 12.3. The Kier molecular flexibility index (Phi) is 7.06. The van der Waals surface area contributed by atoms with E-state index in [9.17, 15) is 13.2 Å². The summed E-state index contributed by atoms with van der Waals surface area (Å²) in [5.74, 6) is 0.675. The number of carbonyl (C=O) groups excluding carboxylic acids is 1. The molecule has 1 aliphatic carbocycles. The Labute approximate surface area is 157 Å². The fourth-order valence-electron chi connectivity index (χ4n) is 3.64. The third kappa shape index (κ3) is 4.98. The summed E-state index contributed by atoms with van der Waals surface area (Å²) in [6, 6.07) is 3.59. The Morgan fingerprint density at radius 1 is 1.19 bits per heavy atom. The summed E-state index contributed by atoms with van der Waals surface area (Å²) in [5, 5.41) is 0. The molecule has 1 aliphatic rings. The van der Waals surface area contributed by atoms with Gasteiger partial charge in [0, 0.05) is 26.1 Å². The number of amides is 1. The zero-order valence-electron chi connectivity index (χ0n) is 16.2. The summed E-state index contributed by atoms with van der Waals surface area (Å²) in [5.41, 5.74) is 1.40. The van der Waals surface area contributed by atoms with Crippen molar-refractivity contribution in [2.75, 3.05) is 20.2 Å². The standard InChI is InChI=1S/C19H30N2O4S/c1-14-13-19(15(2)12-18(14)25-4)26(23,24)20-10-11-21(16(3)22)17-8-6-5-7-9-17/h12-13,17,20H,5-11H2,1-4H3. The second-order valence-electron chi connectivity index (χ2n) is 6.99. The van der Waals surface area contributed by atoms with Crippen LogP contribution < -0.4 is 9.46 Å². The second kappa shape index (κ2) is 8.86. The van der Waals surface area contributed by atoms with Crippen molar-refractivity contribution in [1.29, 1.82) is 0 Å². The Hall–Kier alpha value is -1.60. The predicted molar refractivity (Wildman–Crippen MR) is 102 cm³/mol. The molecule has 1 amide bonds. The van der Waals surface area contributed by atoms with Crippen LogP contribution in [0.25, 0.3) is 0 Å². The lowest BCUT2D eigenvalue weighted by Gasteiger charge is -2.33. The number of benzene rings is 1. The van der Waals surface area contributed by atoms with Gasteiger partial charge in [-0.1, -0.05) is 19.3 Å². The molecule has 0 atom stereocenters. The van der Waals surface area contributed by atoms with E-state index in [4.69, 9.17) is 4.74 Å². The van der Waals surface area contributed by atoms with Crippen molar-refractivity contribution in [2.45, 2.75) is 63.8 Å². The highest BCUT2D eigenvalue weighted by molar-refractivity contribution is 7.89. The van der Waals surface area contributed by atoms with Gasteiger partial charge in [-0.05, 0) is 49.9 Å². The molecule has 0 aromatic heterocycles. The van der Waals surface area contributed by atoms with Crippen molar-refractivity contribution in [3.63, 3.8) is 0 Å². The minimum Gasteiger partial charge on any atom is -0.496 e. The van der Waals surface area contributed by atoms with Crippen LogP contribution in [0.5, 0.6) is 5.75 Å².